The van der Waals surface area contributed by atoms with E-state index in [-0.39, 0.29) is 24.4 Å². The van der Waals surface area contributed by atoms with Gasteiger partial charge in [0.25, 0.3) is 5.91 Å². The molecule has 17 heavy (non-hydrogen) atoms. The van der Waals surface area contributed by atoms with Crippen molar-refractivity contribution in [3.05, 3.63) is 33.8 Å². The summed E-state index contributed by atoms with van der Waals surface area (Å²) in [4.78, 5) is 11.7. The van der Waals surface area contributed by atoms with Crippen LogP contribution < -0.4 is 11.1 Å². The van der Waals surface area contributed by atoms with E-state index < -0.39 is 0 Å². The van der Waals surface area contributed by atoms with Crippen molar-refractivity contribution < 1.29 is 4.79 Å². The summed E-state index contributed by atoms with van der Waals surface area (Å²) in [5.74, 6) is -0.229. The SMILES string of the molecule is CC(N)CCNC(=O)c1cc(Cl)ccc1Cl.Cl. The number of amides is 1. The van der Waals surface area contributed by atoms with Crippen molar-refractivity contribution in [2.45, 2.75) is 19.4 Å². The zero-order chi connectivity index (χ0) is 12.1. The van der Waals surface area contributed by atoms with Gasteiger partial charge in [-0.05, 0) is 31.5 Å². The van der Waals surface area contributed by atoms with E-state index in [0.29, 0.717) is 22.2 Å². The lowest BCUT2D eigenvalue weighted by Gasteiger charge is -2.08. The second-order valence-corrected chi connectivity index (χ2v) is 4.49. The summed E-state index contributed by atoms with van der Waals surface area (Å²) in [5.41, 5.74) is 5.96. The van der Waals surface area contributed by atoms with Gasteiger partial charge in [0.1, 0.15) is 0 Å². The first-order chi connectivity index (χ1) is 7.50. The molecule has 3 N–H and O–H groups in total. The predicted molar refractivity (Wildman–Crippen MR) is 74.3 cm³/mol. The quantitative estimate of drug-likeness (QED) is 0.898. The minimum Gasteiger partial charge on any atom is -0.352 e. The number of halogens is 3. The molecule has 1 atom stereocenters. The van der Waals surface area contributed by atoms with Gasteiger partial charge in [0.15, 0.2) is 0 Å². The van der Waals surface area contributed by atoms with Crippen molar-refractivity contribution in [3.63, 3.8) is 0 Å². The van der Waals surface area contributed by atoms with Gasteiger partial charge in [-0.3, -0.25) is 4.79 Å². The Kier molecular flexibility index (Phi) is 7.55. The van der Waals surface area contributed by atoms with Gasteiger partial charge in [-0.15, -0.1) is 12.4 Å². The number of carbonyl (C=O) groups is 1. The average Bonchev–Trinajstić information content (AvgIpc) is 2.21. The van der Waals surface area contributed by atoms with E-state index in [1.807, 2.05) is 6.92 Å². The van der Waals surface area contributed by atoms with Gasteiger partial charge in [-0.25, -0.2) is 0 Å². The second-order valence-electron chi connectivity index (χ2n) is 3.65. The molecule has 1 unspecified atom stereocenters. The Morgan fingerprint density at radius 3 is 2.71 bits per heavy atom. The van der Waals surface area contributed by atoms with Crippen LogP contribution in [0.4, 0.5) is 0 Å². The van der Waals surface area contributed by atoms with Crippen molar-refractivity contribution >= 4 is 41.5 Å². The first-order valence-electron chi connectivity index (χ1n) is 4.99. The van der Waals surface area contributed by atoms with Gasteiger partial charge in [0.2, 0.25) is 0 Å². The van der Waals surface area contributed by atoms with Crippen molar-refractivity contribution in [3.8, 4) is 0 Å². The molecule has 0 fully saturated rings. The van der Waals surface area contributed by atoms with E-state index in [1.165, 1.54) is 0 Å². The molecule has 0 aliphatic rings. The highest BCUT2D eigenvalue weighted by atomic mass is 35.5. The lowest BCUT2D eigenvalue weighted by molar-refractivity contribution is 0.0953. The highest BCUT2D eigenvalue weighted by Crippen LogP contribution is 2.20. The number of nitrogens with two attached hydrogens (primary N) is 1. The summed E-state index contributed by atoms with van der Waals surface area (Å²) >= 11 is 11.7. The fourth-order valence-electron chi connectivity index (χ4n) is 1.18. The monoisotopic (exact) mass is 296 g/mol. The highest BCUT2D eigenvalue weighted by Gasteiger charge is 2.10. The maximum Gasteiger partial charge on any atom is 0.252 e. The largest absolute Gasteiger partial charge is 0.352 e. The third-order valence-corrected chi connectivity index (χ3v) is 2.62. The van der Waals surface area contributed by atoms with Crippen LogP contribution in [-0.2, 0) is 0 Å². The Hall–Kier alpha value is -0.480. The molecule has 0 heterocycles. The van der Waals surface area contributed by atoms with Crippen LogP contribution in [-0.4, -0.2) is 18.5 Å². The molecule has 0 aliphatic carbocycles. The maximum atomic E-state index is 11.7. The normalized spacial score (nSPS) is 11.5. The fourth-order valence-corrected chi connectivity index (χ4v) is 1.56. The van der Waals surface area contributed by atoms with Gasteiger partial charge >= 0.3 is 0 Å². The molecule has 0 aliphatic heterocycles. The first-order valence-corrected chi connectivity index (χ1v) is 5.75. The Morgan fingerprint density at radius 1 is 1.47 bits per heavy atom. The Labute approximate surface area is 117 Å². The topological polar surface area (TPSA) is 55.1 Å². The van der Waals surface area contributed by atoms with Crippen LogP contribution in [0.3, 0.4) is 0 Å². The molecule has 3 nitrogen and oxygen atoms in total. The third-order valence-electron chi connectivity index (χ3n) is 2.06. The zero-order valence-corrected chi connectivity index (χ0v) is 11.7. The van der Waals surface area contributed by atoms with Crippen LogP contribution in [0, 0.1) is 0 Å². The van der Waals surface area contributed by atoms with Crippen LogP contribution in [0.25, 0.3) is 0 Å². The number of benzene rings is 1. The van der Waals surface area contributed by atoms with Crippen LogP contribution in [0.15, 0.2) is 18.2 Å². The lowest BCUT2D eigenvalue weighted by Crippen LogP contribution is -2.29. The van der Waals surface area contributed by atoms with Crippen molar-refractivity contribution in [1.29, 1.82) is 0 Å². The summed E-state index contributed by atoms with van der Waals surface area (Å²) in [6.45, 7) is 2.41. The number of carbonyl (C=O) groups excluding carboxylic acids is 1. The number of rotatable bonds is 4. The lowest BCUT2D eigenvalue weighted by atomic mass is 10.2. The van der Waals surface area contributed by atoms with E-state index in [0.717, 1.165) is 6.42 Å². The van der Waals surface area contributed by atoms with Crippen molar-refractivity contribution in [1.82, 2.24) is 5.32 Å². The zero-order valence-electron chi connectivity index (χ0n) is 9.37. The van der Waals surface area contributed by atoms with Gasteiger partial charge in [0.05, 0.1) is 10.6 Å². The molecule has 0 bridgehead atoms. The number of hydrogen-bond donors (Lipinski definition) is 2. The van der Waals surface area contributed by atoms with Gasteiger partial charge in [0, 0.05) is 17.6 Å². The van der Waals surface area contributed by atoms with Crippen LogP contribution in [0.2, 0.25) is 10.0 Å². The van der Waals surface area contributed by atoms with Gasteiger partial charge in [-0.1, -0.05) is 23.2 Å². The minimum absolute atomic E-state index is 0. The second kappa shape index (κ2) is 7.77. The summed E-state index contributed by atoms with van der Waals surface area (Å²) < 4.78 is 0. The summed E-state index contributed by atoms with van der Waals surface area (Å²) in [6, 6.07) is 4.85. The molecule has 96 valence electrons. The molecule has 0 saturated heterocycles. The molecule has 1 aromatic rings. The van der Waals surface area contributed by atoms with E-state index in [2.05, 4.69) is 5.32 Å². The Morgan fingerprint density at radius 2 is 2.12 bits per heavy atom. The number of hydrogen-bond acceptors (Lipinski definition) is 2. The summed E-state index contributed by atoms with van der Waals surface area (Å²) in [5, 5.41) is 3.62. The Bertz CT molecular complexity index is 383. The van der Waals surface area contributed by atoms with Gasteiger partial charge < -0.3 is 11.1 Å². The van der Waals surface area contributed by atoms with Crippen molar-refractivity contribution in [2.75, 3.05) is 6.54 Å². The maximum absolute atomic E-state index is 11.7. The summed E-state index contributed by atoms with van der Waals surface area (Å²) in [6.07, 6.45) is 0.726. The van der Waals surface area contributed by atoms with Gasteiger partial charge in [-0.2, -0.15) is 0 Å². The van der Waals surface area contributed by atoms with E-state index >= 15 is 0 Å². The van der Waals surface area contributed by atoms with Crippen LogP contribution >= 0.6 is 35.6 Å². The minimum atomic E-state index is -0.229. The predicted octanol–water partition coefficient (Wildman–Crippen LogP) is 2.88. The van der Waals surface area contributed by atoms with Crippen LogP contribution in [0.1, 0.15) is 23.7 Å². The van der Waals surface area contributed by atoms with Crippen molar-refractivity contribution in [2.24, 2.45) is 5.73 Å². The van der Waals surface area contributed by atoms with E-state index in [4.69, 9.17) is 28.9 Å². The molecule has 0 radical (unpaired) electrons. The fraction of sp³-hybridized carbons (Fsp3) is 0.364. The molecule has 0 saturated carbocycles. The van der Waals surface area contributed by atoms with E-state index in [9.17, 15) is 4.79 Å². The molecular formula is C11H15Cl3N2O. The first kappa shape index (κ1) is 16.5. The van der Waals surface area contributed by atoms with Crippen LogP contribution in [0.5, 0.6) is 0 Å². The number of nitrogens with one attached hydrogen (secondary N) is 1. The smallest absolute Gasteiger partial charge is 0.252 e. The third kappa shape index (κ3) is 5.59. The highest BCUT2D eigenvalue weighted by molar-refractivity contribution is 6.35. The molecular weight excluding hydrogens is 282 g/mol. The molecule has 1 rings (SSSR count). The summed E-state index contributed by atoms with van der Waals surface area (Å²) in [7, 11) is 0. The molecule has 0 spiro atoms. The Balaban J connectivity index is 0.00000256. The molecule has 1 aromatic carbocycles. The standard InChI is InChI=1S/C11H14Cl2N2O.ClH/c1-7(14)4-5-15-11(16)9-6-8(12)2-3-10(9)13;/h2-3,6-7H,4-5,14H2,1H3,(H,15,16);1H. The molecule has 6 heteroatoms. The molecule has 0 aromatic heterocycles. The molecule has 1 amide bonds. The average molecular weight is 298 g/mol. The van der Waals surface area contributed by atoms with E-state index in [1.54, 1.807) is 18.2 Å².